The fraction of sp³-hybridized carbons (Fsp3) is 0.250. The van der Waals surface area contributed by atoms with Crippen LogP contribution in [0.3, 0.4) is 0 Å². The van der Waals surface area contributed by atoms with E-state index in [1.807, 2.05) is 48.2 Å². The Hall–Kier alpha value is -3.63. The summed E-state index contributed by atoms with van der Waals surface area (Å²) in [6, 6.07) is 10.8. The lowest BCUT2D eigenvalue weighted by Crippen LogP contribution is -2.40. The molecule has 38 heavy (non-hydrogen) atoms. The van der Waals surface area contributed by atoms with E-state index in [-0.39, 0.29) is 12.2 Å². The number of benzene rings is 2. The number of para-hydroxylation sites is 1. The van der Waals surface area contributed by atoms with Gasteiger partial charge in [-0.3, -0.25) is 9.36 Å². The Balaban J connectivity index is 1.79. The highest BCUT2D eigenvalue weighted by Crippen LogP contribution is 2.40. The van der Waals surface area contributed by atoms with Crippen LogP contribution in [0.5, 0.6) is 11.5 Å². The minimum Gasteiger partial charge on any atom is -0.493 e. The number of ether oxygens (including phenoxy) is 3. The number of aryl methyl sites for hydroxylation is 1. The van der Waals surface area contributed by atoms with Gasteiger partial charge in [0.25, 0.3) is 5.56 Å². The fourth-order valence-corrected chi connectivity index (χ4v) is 6.37. The molecule has 196 valence electrons. The molecule has 8 nitrogen and oxygen atoms in total. The van der Waals surface area contributed by atoms with Crippen molar-refractivity contribution in [2.45, 2.75) is 19.9 Å². The molecule has 0 unspecified atom stereocenters. The largest absolute Gasteiger partial charge is 0.493 e. The van der Waals surface area contributed by atoms with Crippen molar-refractivity contribution in [3.63, 3.8) is 0 Å². The molecule has 10 heteroatoms. The summed E-state index contributed by atoms with van der Waals surface area (Å²) in [6.07, 6.45) is 3.89. The van der Waals surface area contributed by atoms with Gasteiger partial charge in [-0.05, 0) is 43.7 Å². The van der Waals surface area contributed by atoms with Crippen molar-refractivity contribution in [3.8, 4) is 11.5 Å². The third kappa shape index (κ3) is 4.27. The predicted molar refractivity (Wildman–Crippen MR) is 151 cm³/mol. The molecule has 0 aliphatic carbocycles. The SMILES string of the molecule is CCOC(=O)C1=C(C)N=c2s/c(=C\c3cn(C)c4ccccc34)c(=O)n2[C@H]1c1cc(OC)c(OC)cc1Br. The lowest BCUT2D eigenvalue weighted by molar-refractivity contribution is -0.139. The first-order valence-electron chi connectivity index (χ1n) is 11.9. The quantitative estimate of drug-likeness (QED) is 0.314. The fourth-order valence-electron chi connectivity index (χ4n) is 4.79. The van der Waals surface area contributed by atoms with Crippen molar-refractivity contribution in [1.82, 2.24) is 9.13 Å². The van der Waals surface area contributed by atoms with E-state index in [1.165, 1.54) is 11.3 Å². The van der Waals surface area contributed by atoms with E-state index >= 15 is 0 Å². The van der Waals surface area contributed by atoms with Crippen LogP contribution >= 0.6 is 27.3 Å². The van der Waals surface area contributed by atoms with Gasteiger partial charge in [0.1, 0.15) is 0 Å². The molecular formula is C28H26BrN3O5S. The van der Waals surface area contributed by atoms with Crippen molar-refractivity contribution in [2.75, 3.05) is 20.8 Å². The predicted octanol–water partition coefficient (Wildman–Crippen LogP) is 4.07. The zero-order chi connectivity index (χ0) is 27.1. The second-order valence-corrected chi connectivity index (χ2v) is 10.6. The Labute approximate surface area is 231 Å². The third-order valence-electron chi connectivity index (χ3n) is 6.53. The van der Waals surface area contributed by atoms with Gasteiger partial charge in [0.15, 0.2) is 16.3 Å². The summed E-state index contributed by atoms with van der Waals surface area (Å²) < 4.78 is 21.2. The monoisotopic (exact) mass is 595 g/mol. The first kappa shape index (κ1) is 26.0. The number of hydrogen-bond donors (Lipinski definition) is 0. The minimum absolute atomic E-state index is 0.195. The standard InChI is InChI=1S/C28H26BrN3O5S/c1-6-37-27(34)24-15(2)30-28-32(25(24)18-12-21(35-4)22(36-5)13-19(18)29)26(33)23(38-28)11-16-14-31(3)20-10-8-7-9-17(16)20/h7-14,25H,6H2,1-5H3/b23-11-/t25-/m0/s1. The number of methoxy groups -OCH3 is 2. The van der Waals surface area contributed by atoms with Crippen LogP contribution < -0.4 is 24.4 Å². The van der Waals surface area contributed by atoms with E-state index in [4.69, 9.17) is 14.2 Å². The van der Waals surface area contributed by atoms with Gasteiger partial charge >= 0.3 is 5.97 Å². The van der Waals surface area contributed by atoms with Crippen LogP contribution in [0.25, 0.3) is 17.0 Å². The van der Waals surface area contributed by atoms with Gasteiger partial charge in [-0.2, -0.15) is 0 Å². The van der Waals surface area contributed by atoms with E-state index in [0.717, 1.165) is 16.5 Å². The van der Waals surface area contributed by atoms with Crippen LogP contribution in [0, 0.1) is 0 Å². The number of rotatable bonds is 6. The third-order valence-corrected chi connectivity index (χ3v) is 8.20. The number of allylic oxidation sites excluding steroid dienone is 1. The molecule has 0 fully saturated rings. The van der Waals surface area contributed by atoms with Crippen LogP contribution in [0.1, 0.15) is 31.0 Å². The highest BCUT2D eigenvalue weighted by molar-refractivity contribution is 9.10. The maximum Gasteiger partial charge on any atom is 0.338 e. The molecule has 0 bridgehead atoms. The Morgan fingerprint density at radius 1 is 1.18 bits per heavy atom. The van der Waals surface area contributed by atoms with Gasteiger partial charge in [0.2, 0.25) is 0 Å². The van der Waals surface area contributed by atoms with Gasteiger partial charge in [0.05, 0.1) is 42.7 Å². The topological polar surface area (TPSA) is 84.1 Å². The maximum atomic E-state index is 14.0. The molecule has 5 rings (SSSR count). The average Bonchev–Trinajstić information content (AvgIpc) is 3.38. The highest BCUT2D eigenvalue weighted by Gasteiger charge is 2.35. The number of thiazole rings is 1. The molecule has 0 spiro atoms. The zero-order valence-corrected chi connectivity index (χ0v) is 24.0. The number of halogens is 1. The van der Waals surface area contributed by atoms with Gasteiger partial charge in [-0.1, -0.05) is 45.5 Å². The number of fused-ring (bicyclic) bond motifs is 2. The van der Waals surface area contributed by atoms with Crippen molar-refractivity contribution >= 4 is 50.2 Å². The molecule has 0 amide bonds. The van der Waals surface area contributed by atoms with E-state index < -0.39 is 12.0 Å². The number of hydrogen-bond acceptors (Lipinski definition) is 7. The van der Waals surface area contributed by atoms with E-state index in [9.17, 15) is 9.59 Å². The molecule has 0 radical (unpaired) electrons. The maximum absolute atomic E-state index is 14.0. The van der Waals surface area contributed by atoms with Crippen molar-refractivity contribution in [2.24, 2.45) is 12.0 Å². The molecule has 3 heterocycles. The molecule has 1 atom stereocenters. The smallest absolute Gasteiger partial charge is 0.338 e. The van der Waals surface area contributed by atoms with Gasteiger partial charge in [-0.15, -0.1) is 0 Å². The number of esters is 1. The molecule has 2 aromatic carbocycles. The van der Waals surface area contributed by atoms with Gasteiger partial charge in [0, 0.05) is 34.2 Å². The average molecular weight is 597 g/mol. The van der Waals surface area contributed by atoms with Crippen LogP contribution in [0.2, 0.25) is 0 Å². The summed E-state index contributed by atoms with van der Waals surface area (Å²) in [7, 11) is 5.07. The van der Waals surface area contributed by atoms with Crippen LogP contribution in [-0.2, 0) is 16.6 Å². The molecule has 2 aromatic heterocycles. The summed E-state index contributed by atoms with van der Waals surface area (Å²) in [5.74, 6) is 0.468. The van der Waals surface area contributed by atoms with E-state index in [0.29, 0.717) is 42.1 Å². The number of carbonyl (C=O) groups is 1. The summed E-state index contributed by atoms with van der Waals surface area (Å²) in [6.45, 7) is 3.70. The van der Waals surface area contributed by atoms with Crippen molar-refractivity contribution in [3.05, 3.63) is 89.2 Å². The molecular weight excluding hydrogens is 570 g/mol. The Morgan fingerprint density at radius 2 is 1.89 bits per heavy atom. The summed E-state index contributed by atoms with van der Waals surface area (Å²) >= 11 is 4.91. The number of aromatic nitrogens is 2. The zero-order valence-electron chi connectivity index (χ0n) is 21.6. The van der Waals surface area contributed by atoms with Gasteiger partial charge < -0.3 is 18.8 Å². The molecule has 1 aliphatic heterocycles. The van der Waals surface area contributed by atoms with E-state index in [2.05, 4.69) is 20.9 Å². The first-order chi connectivity index (χ1) is 18.3. The van der Waals surface area contributed by atoms with Crippen molar-refractivity contribution < 1.29 is 19.0 Å². The van der Waals surface area contributed by atoms with Gasteiger partial charge in [-0.25, -0.2) is 9.79 Å². The number of carbonyl (C=O) groups excluding carboxylic acids is 1. The molecule has 0 saturated carbocycles. The lowest BCUT2D eigenvalue weighted by atomic mass is 9.95. The number of nitrogens with zero attached hydrogens (tertiary/aromatic N) is 3. The molecule has 1 aliphatic rings. The Morgan fingerprint density at radius 3 is 2.61 bits per heavy atom. The second kappa shape index (κ2) is 10.3. The highest BCUT2D eigenvalue weighted by atomic mass is 79.9. The Kier molecular flexibility index (Phi) is 7.02. The lowest BCUT2D eigenvalue weighted by Gasteiger charge is -2.26. The molecule has 0 saturated heterocycles. The normalized spacial score (nSPS) is 15.4. The second-order valence-electron chi connectivity index (χ2n) is 8.74. The van der Waals surface area contributed by atoms with Crippen LogP contribution in [-0.4, -0.2) is 35.9 Å². The van der Waals surface area contributed by atoms with Crippen LogP contribution in [0.15, 0.2) is 68.1 Å². The Bertz CT molecular complexity index is 1800. The first-order valence-corrected chi connectivity index (χ1v) is 13.5. The summed E-state index contributed by atoms with van der Waals surface area (Å²) in [5, 5.41) is 1.04. The summed E-state index contributed by atoms with van der Waals surface area (Å²) in [5.41, 5.74) is 3.19. The summed E-state index contributed by atoms with van der Waals surface area (Å²) in [4.78, 5) is 32.4. The minimum atomic E-state index is -0.783. The van der Waals surface area contributed by atoms with Crippen LogP contribution in [0.4, 0.5) is 0 Å². The molecule has 4 aromatic rings. The van der Waals surface area contributed by atoms with Crippen molar-refractivity contribution in [1.29, 1.82) is 0 Å². The van der Waals surface area contributed by atoms with E-state index in [1.54, 1.807) is 44.8 Å². The molecule has 0 N–H and O–H groups in total.